The lowest BCUT2D eigenvalue weighted by Gasteiger charge is -2.26. The highest BCUT2D eigenvalue weighted by atomic mass is 15.1. The third-order valence-corrected chi connectivity index (χ3v) is 9.85. The van der Waals surface area contributed by atoms with Crippen LogP contribution in [0.1, 0.15) is 49.9 Å². The van der Waals surface area contributed by atoms with E-state index in [1.165, 1.54) is 55.6 Å². The van der Waals surface area contributed by atoms with Crippen LogP contribution in [0.25, 0.3) is 33.4 Å². The van der Waals surface area contributed by atoms with Crippen molar-refractivity contribution in [1.82, 2.24) is 0 Å². The van der Waals surface area contributed by atoms with Crippen molar-refractivity contribution in [2.24, 2.45) is 0 Å². The molecule has 208 valence electrons. The van der Waals surface area contributed by atoms with E-state index in [0.717, 1.165) is 17.1 Å². The predicted octanol–water partition coefficient (Wildman–Crippen LogP) is 11.4. The number of hydrogen-bond acceptors (Lipinski definition) is 1. The van der Waals surface area contributed by atoms with Gasteiger partial charge in [0.1, 0.15) is 0 Å². The summed E-state index contributed by atoms with van der Waals surface area (Å²) in [5.74, 6) is 0. The highest BCUT2D eigenvalue weighted by molar-refractivity contribution is 5.97. The van der Waals surface area contributed by atoms with Crippen molar-refractivity contribution in [2.45, 2.75) is 38.5 Å². The molecular weight excluding hydrogens is 518 g/mol. The standard InChI is InChI=1S/C42H35N/c1-41(2)36-23-12-11-21-33(36)34-26-35-39(27-38(34)41)42(3,4)37-24-14-22-32(40(35)37)28-15-13-20-31(25-28)43(29-16-7-5-8-17-29)30-18-9-6-10-19-30/h5-27H,1-4H3. The van der Waals surface area contributed by atoms with Crippen LogP contribution in [0.5, 0.6) is 0 Å². The summed E-state index contributed by atoms with van der Waals surface area (Å²) < 4.78 is 0. The van der Waals surface area contributed by atoms with Crippen molar-refractivity contribution in [2.75, 3.05) is 4.90 Å². The van der Waals surface area contributed by atoms with Gasteiger partial charge >= 0.3 is 0 Å². The van der Waals surface area contributed by atoms with E-state index in [1.54, 1.807) is 0 Å². The molecule has 0 heterocycles. The second-order valence-electron chi connectivity index (χ2n) is 13.0. The first-order valence-electron chi connectivity index (χ1n) is 15.3. The molecule has 2 aliphatic rings. The molecule has 1 nitrogen and oxygen atoms in total. The van der Waals surface area contributed by atoms with Gasteiger partial charge in [0.05, 0.1) is 0 Å². The van der Waals surface area contributed by atoms with E-state index in [0.29, 0.717) is 0 Å². The number of fused-ring (bicyclic) bond motifs is 6. The normalized spacial score (nSPS) is 14.9. The molecule has 2 aliphatic carbocycles. The summed E-state index contributed by atoms with van der Waals surface area (Å²) in [7, 11) is 0. The molecule has 0 fully saturated rings. The van der Waals surface area contributed by atoms with Gasteiger partial charge in [-0.05, 0) is 98.1 Å². The first-order chi connectivity index (χ1) is 20.9. The van der Waals surface area contributed by atoms with Gasteiger partial charge in [-0.15, -0.1) is 0 Å². The molecule has 8 rings (SSSR count). The van der Waals surface area contributed by atoms with Crippen LogP contribution in [0.15, 0.2) is 140 Å². The van der Waals surface area contributed by atoms with Crippen LogP contribution >= 0.6 is 0 Å². The Hall–Kier alpha value is -4.88. The van der Waals surface area contributed by atoms with Gasteiger partial charge < -0.3 is 4.90 Å². The lowest BCUT2D eigenvalue weighted by atomic mass is 9.77. The summed E-state index contributed by atoms with van der Waals surface area (Å²) in [6, 6.07) is 51.2. The molecular formula is C42H35N. The van der Waals surface area contributed by atoms with Crippen LogP contribution < -0.4 is 4.90 Å². The number of hydrogen-bond donors (Lipinski definition) is 0. The molecule has 0 aliphatic heterocycles. The minimum Gasteiger partial charge on any atom is -0.310 e. The smallest absolute Gasteiger partial charge is 0.0467 e. The Morgan fingerprint density at radius 3 is 1.63 bits per heavy atom. The molecule has 0 aromatic heterocycles. The summed E-state index contributed by atoms with van der Waals surface area (Å²) in [6.45, 7) is 9.54. The lowest BCUT2D eigenvalue weighted by molar-refractivity contribution is 0.639. The minimum absolute atomic E-state index is 0.0126. The highest BCUT2D eigenvalue weighted by Crippen LogP contribution is 2.57. The van der Waals surface area contributed by atoms with E-state index < -0.39 is 0 Å². The van der Waals surface area contributed by atoms with Gasteiger partial charge in [-0.3, -0.25) is 0 Å². The summed E-state index contributed by atoms with van der Waals surface area (Å²) in [5.41, 5.74) is 17.1. The SMILES string of the molecule is CC1(C)c2ccccc2-c2cc3c(cc21)C(C)(C)c1cccc(-c2cccc(N(c4ccccc4)c4ccccc4)c2)c1-3. The second kappa shape index (κ2) is 9.31. The molecule has 6 aromatic rings. The number of para-hydroxylation sites is 2. The molecule has 0 bridgehead atoms. The number of rotatable bonds is 4. The quantitative estimate of drug-likeness (QED) is 0.210. The van der Waals surface area contributed by atoms with Crippen molar-refractivity contribution >= 4 is 17.1 Å². The summed E-state index contributed by atoms with van der Waals surface area (Å²) >= 11 is 0. The number of anilines is 3. The van der Waals surface area contributed by atoms with E-state index in [2.05, 4.69) is 172 Å². The number of nitrogens with zero attached hydrogens (tertiary/aromatic N) is 1. The molecule has 0 amide bonds. The van der Waals surface area contributed by atoms with E-state index in [4.69, 9.17) is 0 Å². The van der Waals surface area contributed by atoms with Crippen LogP contribution in [0.3, 0.4) is 0 Å². The maximum absolute atomic E-state index is 2.53. The average molecular weight is 554 g/mol. The van der Waals surface area contributed by atoms with Gasteiger partial charge in [0.2, 0.25) is 0 Å². The number of benzene rings is 6. The molecule has 1 heteroatoms. The molecule has 0 atom stereocenters. The highest BCUT2D eigenvalue weighted by Gasteiger charge is 2.42. The molecule has 0 spiro atoms. The zero-order valence-corrected chi connectivity index (χ0v) is 25.2. The van der Waals surface area contributed by atoms with Crippen LogP contribution in [0, 0.1) is 0 Å². The predicted molar refractivity (Wildman–Crippen MR) is 182 cm³/mol. The first kappa shape index (κ1) is 25.8. The molecule has 6 aromatic carbocycles. The average Bonchev–Trinajstić information content (AvgIpc) is 3.41. The molecule has 0 unspecified atom stereocenters. The van der Waals surface area contributed by atoms with Crippen LogP contribution in [0.4, 0.5) is 17.1 Å². The van der Waals surface area contributed by atoms with Crippen molar-refractivity contribution in [3.63, 3.8) is 0 Å². The van der Waals surface area contributed by atoms with Crippen LogP contribution in [-0.2, 0) is 10.8 Å². The second-order valence-corrected chi connectivity index (χ2v) is 13.0. The van der Waals surface area contributed by atoms with Gasteiger partial charge in [0.15, 0.2) is 0 Å². The van der Waals surface area contributed by atoms with Gasteiger partial charge in [0, 0.05) is 27.9 Å². The van der Waals surface area contributed by atoms with Gasteiger partial charge in [-0.1, -0.05) is 125 Å². The third-order valence-electron chi connectivity index (χ3n) is 9.85. The van der Waals surface area contributed by atoms with Crippen molar-refractivity contribution in [3.8, 4) is 33.4 Å². The van der Waals surface area contributed by atoms with E-state index in [-0.39, 0.29) is 10.8 Å². The Bertz CT molecular complexity index is 1980. The summed E-state index contributed by atoms with van der Waals surface area (Å²) in [4.78, 5) is 2.34. The van der Waals surface area contributed by atoms with Crippen molar-refractivity contribution in [1.29, 1.82) is 0 Å². The van der Waals surface area contributed by atoms with E-state index >= 15 is 0 Å². The molecule has 0 radical (unpaired) electrons. The maximum Gasteiger partial charge on any atom is 0.0467 e. The minimum atomic E-state index is -0.0850. The van der Waals surface area contributed by atoms with Crippen LogP contribution in [0.2, 0.25) is 0 Å². The maximum atomic E-state index is 2.53. The summed E-state index contributed by atoms with van der Waals surface area (Å²) in [6.07, 6.45) is 0. The zero-order valence-electron chi connectivity index (χ0n) is 25.2. The zero-order chi connectivity index (χ0) is 29.3. The Labute approximate surface area is 255 Å². The van der Waals surface area contributed by atoms with Gasteiger partial charge in [-0.2, -0.15) is 0 Å². The Balaban J connectivity index is 1.33. The fourth-order valence-corrected chi connectivity index (χ4v) is 7.63. The lowest BCUT2D eigenvalue weighted by Crippen LogP contribution is -2.18. The monoisotopic (exact) mass is 553 g/mol. The molecule has 0 saturated heterocycles. The Morgan fingerprint density at radius 2 is 0.907 bits per heavy atom. The Kier molecular flexibility index (Phi) is 5.59. The van der Waals surface area contributed by atoms with E-state index in [1.807, 2.05) is 0 Å². The topological polar surface area (TPSA) is 3.24 Å². The van der Waals surface area contributed by atoms with Gasteiger partial charge in [-0.25, -0.2) is 0 Å². The Morgan fingerprint density at radius 1 is 0.372 bits per heavy atom. The van der Waals surface area contributed by atoms with Crippen LogP contribution in [-0.4, -0.2) is 0 Å². The fourth-order valence-electron chi connectivity index (χ4n) is 7.63. The third kappa shape index (κ3) is 3.78. The first-order valence-corrected chi connectivity index (χ1v) is 15.3. The fraction of sp³-hybridized carbons (Fsp3) is 0.143. The largest absolute Gasteiger partial charge is 0.310 e. The molecule has 0 saturated carbocycles. The van der Waals surface area contributed by atoms with E-state index in [9.17, 15) is 0 Å². The van der Waals surface area contributed by atoms with Crippen molar-refractivity contribution in [3.05, 3.63) is 162 Å². The summed E-state index contributed by atoms with van der Waals surface area (Å²) in [5, 5.41) is 0. The molecule has 43 heavy (non-hydrogen) atoms. The van der Waals surface area contributed by atoms with Crippen molar-refractivity contribution < 1.29 is 0 Å². The molecule has 0 N–H and O–H groups in total. The van der Waals surface area contributed by atoms with Gasteiger partial charge in [0.25, 0.3) is 0 Å².